The maximum Gasteiger partial charge on any atom is 0.235 e. The van der Waals surface area contributed by atoms with Crippen molar-refractivity contribution >= 4 is 33.4 Å². The van der Waals surface area contributed by atoms with Crippen molar-refractivity contribution in [1.29, 1.82) is 0 Å². The van der Waals surface area contributed by atoms with E-state index in [2.05, 4.69) is 15.9 Å². The first-order chi connectivity index (χ1) is 6.91. The lowest BCUT2D eigenvalue weighted by atomic mass is 10.1. The Morgan fingerprint density at radius 1 is 1.47 bits per heavy atom. The second-order valence-electron chi connectivity index (χ2n) is 2.93. The quantitative estimate of drug-likeness (QED) is 0.675. The first kappa shape index (κ1) is 12.4. The van der Waals surface area contributed by atoms with E-state index in [4.69, 9.17) is 17.3 Å². The molecule has 0 spiro atoms. The van der Waals surface area contributed by atoms with Gasteiger partial charge in [0.25, 0.3) is 0 Å². The molecule has 6 heteroatoms. The van der Waals surface area contributed by atoms with E-state index in [1.54, 1.807) is 0 Å². The number of hydrogen-bond donors (Lipinski definition) is 1. The lowest BCUT2D eigenvalue weighted by Gasteiger charge is -2.07. The zero-order valence-electron chi connectivity index (χ0n) is 7.44. The third kappa shape index (κ3) is 3.14. The molecule has 1 aromatic carbocycles. The monoisotopic (exact) mass is 297 g/mol. The van der Waals surface area contributed by atoms with Crippen molar-refractivity contribution in [3.05, 3.63) is 33.8 Å². The molecule has 0 saturated carbocycles. The summed E-state index contributed by atoms with van der Waals surface area (Å²) in [6.45, 7) is 0. The highest BCUT2D eigenvalue weighted by Gasteiger charge is 2.16. The van der Waals surface area contributed by atoms with Crippen LogP contribution < -0.4 is 5.73 Å². The molecule has 1 aromatic rings. The van der Waals surface area contributed by atoms with Gasteiger partial charge in [-0.05, 0) is 27.6 Å². The summed E-state index contributed by atoms with van der Waals surface area (Å²) in [5.41, 5.74) is 5.06. The SMILES string of the molecule is NC(=O)C(Cl)Cc1cc(Br)c(F)cc1F. The molecule has 0 saturated heterocycles. The third-order valence-electron chi connectivity index (χ3n) is 1.80. The van der Waals surface area contributed by atoms with E-state index in [9.17, 15) is 13.6 Å². The topological polar surface area (TPSA) is 43.1 Å². The van der Waals surface area contributed by atoms with Gasteiger partial charge in [0.2, 0.25) is 5.91 Å². The van der Waals surface area contributed by atoms with E-state index in [1.807, 2.05) is 0 Å². The molecule has 2 N–H and O–H groups in total. The van der Waals surface area contributed by atoms with E-state index in [0.717, 1.165) is 6.07 Å². The van der Waals surface area contributed by atoms with Crippen LogP contribution in [0, 0.1) is 11.6 Å². The average molecular weight is 299 g/mol. The van der Waals surface area contributed by atoms with Crippen molar-refractivity contribution < 1.29 is 13.6 Å². The Morgan fingerprint density at radius 2 is 2.07 bits per heavy atom. The van der Waals surface area contributed by atoms with Crippen LogP contribution in [0.15, 0.2) is 16.6 Å². The van der Waals surface area contributed by atoms with Crippen molar-refractivity contribution in [2.24, 2.45) is 5.73 Å². The van der Waals surface area contributed by atoms with Gasteiger partial charge in [-0.2, -0.15) is 0 Å². The summed E-state index contributed by atoms with van der Waals surface area (Å²) < 4.78 is 26.1. The van der Waals surface area contributed by atoms with Gasteiger partial charge in [0.15, 0.2) is 0 Å². The average Bonchev–Trinajstić information content (AvgIpc) is 2.13. The van der Waals surface area contributed by atoms with Gasteiger partial charge in [-0.15, -0.1) is 11.6 Å². The summed E-state index contributed by atoms with van der Waals surface area (Å²) in [4.78, 5) is 10.6. The van der Waals surface area contributed by atoms with Crippen molar-refractivity contribution in [3.8, 4) is 0 Å². The summed E-state index contributed by atoms with van der Waals surface area (Å²) in [6, 6.07) is 1.97. The van der Waals surface area contributed by atoms with Crippen molar-refractivity contribution in [3.63, 3.8) is 0 Å². The van der Waals surface area contributed by atoms with E-state index in [-0.39, 0.29) is 16.5 Å². The van der Waals surface area contributed by atoms with E-state index >= 15 is 0 Å². The molecule has 15 heavy (non-hydrogen) atoms. The molecule has 0 fully saturated rings. The van der Waals surface area contributed by atoms with Gasteiger partial charge < -0.3 is 5.73 Å². The first-order valence-corrected chi connectivity index (χ1v) is 5.21. The Bertz CT molecular complexity index is 400. The van der Waals surface area contributed by atoms with Crippen molar-refractivity contribution in [1.82, 2.24) is 0 Å². The van der Waals surface area contributed by atoms with E-state index in [0.29, 0.717) is 0 Å². The fourth-order valence-corrected chi connectivity index (χ4v) is 1.57. The second kappa shape index (κ2) is 4.90. The van der Waals surface area contributed by atoms with Crippen LogP contribution in [0.5, 0.6) is 0 Å². The highest BCUT2D eigenvalue weighted by atomic mass is 79.9. The van der Waals surface area contributed by atoms with Crippen LogP contribution in [-0.2, 0) is 11.2 Å². The fraction of sp³-hybridized carbons (Fsp3) is 0.222. The molecule has 0 aliphatic heterocycles. The molecule has 2 nitrogen and oxygen atoms in total. The third-order valence-corrected chi connectivity index (χ3v) is 2.77. The number of rotatable bonds is 3. The van der Waals surface area contributed by atoms with Crippen LogP contribution in [0.4, 0.5) is 8.78 Å². The molecule has 0 aliphatic carbocycles. The minimum atomic E-state index is -1.00. The normalized spacial score (nSPS) is 12.5. The highest BCUT2D eigenvalue weighted by Crippen LogP contribution is 2.21. The second-order valence-corrected chi connectivity index (χ2v) is 4.31. The summed E-state index contributed by atoms with van der Waals surface area (Å²) in [7, 11) is 0. The van der Waals surface area contributed by atoms with Gasteiger partial charge in [-0.1, -0.05) is 0 Å². The first-order valence-electron chi connectivity index (χ1n) is 3.98. The molecule has 1 atom stereocenters. The summed E-state index contributed by atoms with van der Waals surface area (Å²) >= 11 is 8.47. The molecular formula is C9H7BrClF2NO. The summed E-state index contributed by atoms with van der Waals surface area (Å²) in [6.07, 6.45) is -0.0679. The highest BCUT2D eigenvalue weighted by molar-refractivity contribution is 9.10. The zero-order valence-corrected chi connectivity index (χ0v) is 9.78. The predicted octanol–water partition coefficient (Wildman–Crippen LogP) is 2.36. The summed E-state index contributed by atoms with van der Waals surface area (Å²) in [5, 5.41) is -1.00. The van der Waals surface area contributed by atoms with Crippen molar-refractivity contribution in [2.45, 2.75) is 11.8 Å². The largest absolute Gasteiger partial charge is 0.368 e. The number of hydrogen-bond acceptors (Lipinski definition) is 1. The van der Waals surface area contributed by atoms with Crippen LogP contribution >= 0.6 is 27.5 Å². The molecule has 0 bridgehead atoms. The molecule has 1 unspecified atom stereocenters. The molecular weight excluding hydrogens is 291 g/mol. The van der Waals surface area contributed by atoms with Crippen LogP contribution in [0.3, 0.4) is 0 Å². The standard InChI is InChI=1S/C9H7BrClF2NO/c10-5-1-4(2-6(11)9(14)15)7(12)3-8(5)13/h1,3,6H,2H2,(H2,14,15). The zero-order chi connectivity index (χ0) is 11.6. The number of amides is 1. The van der Waals surface area contributed by atoms with E-state index < -0.39 is 22.9 Å². The fourth-order valence-electron chi connectivity index (χ4n) is 1.01. The summed E-state index contributed by atoms with van der Waals surface area (Å²) in [5.74, 6) is -2.19. The number of carbonyl (C=O) groups is 1. The minimum absolute atomic E-state index is 0.0679. The lowest BCUT2D eigenvalue weighted by molar-refractivity contribution is -0.117. The number of alkyl halides is 1. The minimum Gasteiger partial charge on any atom is -0.368 e. The molecule has 0 radical (unpaired) electrons. The van der Waals surface area contributed by atoms with E-state index in [1.165, 1.54) is 6.07 Å². The molecule has 1 amide bonds. The Hall–Kier alpha value is -0.680. The molecule has 0 aliphatic rings. The van der Waals surface area contributed by atoms with Gasteiger partial charge in [0, 0.05) is 12.5 Å². The molecule has 0 aromatic heterocycles. The van der Waals surface area contributed by atoms with Gasteiger partial charge in [0.05, 0.1) is 4.47 Å². The smallest absolute Gasteiger partial charge is 0.235 e. The van der Waals surface area contributed by atoms with Crippen molar-refractivity contribution in [2.75, 3.05) is 0 Å². The van der Waals surface area contributed by atoms with Gasteiger partial charge in [0.1, 0.15) is 17.0 Å². The van der Waals surface area contributed by atoms with Crippen LogP contribution in [0.1, 0.15) is 5.56 Å². The molecule has 82 valence electrons. The Balaban J connectivity index is 2.95. The van der Waals surface area contributed by atoms with Crippen LogP contribution in [0.25, 0.3) is 0 Å². The Morgan fingerprint density at radius 3 is 2.60 bits per heavy atom. The number of primary amides is 1. The molecule has 1 rings (SSSR count). The van der Waals surface area contributed by atoms with Crippen LogP contribution in [-0.4, -0.2) is 11.3 Å². The van der Waals surface area contributed by atoms with Gasteiger partial charge in [-0.3, -0.25) is 4.79 Å². The lowest BCUT2D eigenvalue weighted by Crippen LogP contribution is -2.25. The predicted molar refractivity (Wildman–Crippen MR) is 56.6 cm³/mol. The number of halogens is 4. The number of carbonyl (C=O) groups excluding carboxylic acids is 1. The number of benzene rings is 1. The number of nitrogens with two attached hydrogens (primary N) is 1. The molecule has 0 heterocycles. The van der Waals surface area contributed by atoms with Crippen LogP contribution in [0.2, 0.25) is 0 Å². The Kier molecular flexibility index (Phi) is 4.04. The Labute approximate surface area is 98.5 Å². The maximum atomic E-state index is 13.2. The van der Waals surface area contributed by atoms with Gasteiger partial charge in [-0.25, -0.2) is 8.78 Å². The maximum absolute atomic E-state index is 13.2. The van der Waals surface area contributed by atoms with Gasteiger partial charge >= 0.3 is 0 Å².